The van der Waals surface area contributed by atoms with Crippen molar-refractivity contribution >= 4 is 28.9 Å². The van der Waals surface area contributed by atoms with Crippen molar-refractivity contribution < 1.29 is 9.53 Å². The van der Waals surface area contributed by atoms with Gasteiger partial charge in [0.15, 0.2) is 0 Å². The van der Waals surface area contributed by atoms with E-state index in [0.717, 1.165) is 33.7 Å². The molecule has 6 rings (SSSR count). The van der Waals surface area contributed by atoms with Gasteiger partial charge >= 0.3 is 5.72 Å². The Morgan fingerprint density at radius 3 is 2.76 bits per heavy atom. The van der Waals surface area contributed by atoms with E-state index in [0.29, 0.717) is 23.7 Å². The van der Waals surface area contributed by atoms with E-state index in [4.69, 9.17) is 21.4 Å². The van der Waals surface area contributed by atoms with Gasteiger partial charge < -0.3 is 9.64 Å². The van der Waals surface area contributed by atoms with E-state index in [-0.39, 0.29) is 11.9 Å². The summed E-state index contributed by atoms with van der Waals surface area (Å²) in [6.45, 7) is 6.28. The molecule has 0 aromatic heterocycles. The number of carbonyl (C=O) groups excluding carboxylic acids is 1. The molecule has 0 fully saturated rings. The zero-order valence-corrected chi connectivity index (χ0v) is 18.9. The third-order valence-electron chi connectivity index (χ3n) is 6.60. The van der Waals surface area contributed by atoms with Crippen LogP contribution >= 0.6 is 11.6 Å². The number of hydrogen-bond acceptors (Lipinski definition) is 4. The average Bonchev–Trinajstić information content (AvgIpc) is 3.36. The van der Waals surface area contributed by atoms with Gasteiger partial charge in [-0.15, -0.1) is 6.58 Å². The minimum atomic E-state index is -1.36. The minimum Gasteiger partial charge on any atom is -0.453 e. The highest BCUT2D eigenvalue weighted by atomic mass is 35.5. The molecule has 3 aliphatic heterocycles. The van der Waals surface area contributed by atoms with Crippen molar-refractivity contribution in [1.82, 2.24) is 5.01 Å². The Morgan fingerprint density at radius 2 is 1.97 bits per heavy atom. The first-order valence-corrected chi connectivity index (χ1v) is 11.4. The first-order chi connectivity index (χ1) is 16.0. The molecular weight excluding hydrogens is 434 g/mol. The Kier molecular flexibility index (Phi) is 4.39. The summed E-state index contributed by atoms with van der Waals surface area (Å²) in [6, 6.07) is 21.5. The van der Waals surface area contributed by atoms with Gasteiger partial charge in [0.2, 0.25) is 0 Å². The van der Waals surface area contributed by atoms with Crippen LogP contribution in [0.15, 0.2) is 84.5 Å². The number of halogens is 1. The van der Waals surface area contributed by atoms with E-state index < -0.39 is 5.72 Å². The SMILES string of the molecule is C=CCN1C(=O)C2(Oc3ccccc3C3CC(c4ccc(Cl)cc4)=NN32)c2cc(C)ccc21. The fraction of sp³-hybridized carbons (Fsp3) is 0.185. The third kappa shape index (κ3) is 2.79. The maximum Gasteiger partial charge on any atom is 0.306 e. The number of nitrogens with zero attached hydrogens (tertiary/aromatic N) is 3. The van der Waals surface area contributed by atoms with Crippen LogP contribution in [0.3, 0.4) is 0 Å². The van der Waals surface area contributed by atoms with Crippen LogP contribution in [-0.4, -0.2) is 23.2 Å². The molecule has 33 heavy (non-hydrogen) atoms. The van der Waals surface area contributed by atoms with Crippen molar-refractivity contribution in [1.29, 1.82) is 0 Å². The molecule has 0 saturated heterocycles. The van der Waals surface area contributed by atoms with Crippen LogP contribution < -0.4 is 9.64 Å². The zero-order chi connectivity index (χ0) is 22.7. The van der Waals surface area contributed by atoms with E-state index in [1.807, 2.05) is 72.6 Å². The van der Waals surface area contributed by atoms with Gasteiger partial charge in [-0.25, -0.2) is 5.01 Å². The average molecular weight is 456 g/mol. The van der Waals surface area contributed by atoms with Gasteiger partial charge in [-0.2, -0.15) is 5.10 Å². The summed E-state index contributed by atoms with van der Waals surface area (Å²) in [5, 5.41) is 7.58. The number of amides is 1. The molecule has 3 aromatic rings. The van der Waals surface area contributed by atoms with Crippen LogP contribution in [0.25, 0.3) is 0 Å². The van der Waals surface area contributed by atoms with Crippen LogP contribution in [0.4, 0.5) is 5.69 Å². The van der Waals surface area contributed by atoms with Crippen molar-refractivity contribution in [3.05, 3.63) is 107 Å². The lowest BCUT2D eigenvalue weighted by Gasteiger charge is -2.44. The van der Waals surface area contributed by atoms with Crippen molar-refractivity contribution in [3.63, 3.8) is 0 Å². The second kappa shape index (κ2) is 7.22. The predicted octanol–water partition coefficient (Wildman–Crippen LogP) is 5.58. The second-order valence-electron chi connectivity index (χ2n) is 8.63. The molecule has 0 aliphatic carbocycles. The highest BCUT2D eigenvalue weighted by molar-refractivity contribution is 6.30. The highest BCUT2D eigenvalue weighted by Gasteiger charge is 2.63. The molecule has 0 radical (unpaired) electrons. The molecule has 3 aliphatic rings. The number of benzene rings is 3. The number of anilines is 1. The number of hydrazone groups is 1. The number of fused-ring (bicyclic) bond motifs is 6. The van der Waals surface area contributed by atoms with Crippen LogP contribution in [0, 0.1) is 6.92 Å². The summed E-state index contributed by atoms with van der Waals surface area (Å²) in [4.78, 5) is 15.8. The molecule has 2 atom stereocenters. The van der Waals surface area contributed by atoms with Crippen LogP contribution in [0.1, 0.15) is 34.7 Å². The van der Waals surface area contributed by atoms with E-state index in [1.165, 1.54) is 0 Å². The van der Waals surface area contributed by atoms with E-state index >= 15 is 0 Å². The normalized spacial score (nSPS) is 22.5. The van der Waals surface area contributed by atoms with Crippen molar-refractivity contribution in [2.24, 2.45) is 5.10 Å². The van der Waals surface area contributed by atoms with Crippen LogP contribution in [-0.2, 0) is 10.5 Å². The monoisotopic (exact) mass is 455 g/mol. The number of aryl methyl sites for hydroxylation is 1. The zero-order valence-electron chi connectivity index (χ0n) is 18.2. The molecule has 164 valence electrons. The fourth-order valence-electron chi connectivity index (χ4n) is 5.11. The predicted molar refractivity (Wildman–Crippen MR) is 130 cm³/mol. The third-order valence-corrected chi connectivity index (χ3v) is 6.85. The van der Waals surface area contributed by atoms with Gasteiger partial charge in [0.25, 0.3) is 5.91 Å². The Morgan fingerprint density at radius 1 is 1.18 bits per heavy atom. The van der Waals surface area contributed by atoms with Crippen molar-refractivity contribution in [2.75, 3.05) is 11.4 Å². The Balaban J connectivity index is 1.59. The van der Waals surface area contributed by atoms with Gasteiger partial charge in [0.1, 0.15) is 5.75 Å². The fourth-order valence-corrected chi connectivity index (χ4v) is 5.23. The van der Waals surface area contributed by atoms with E-state index in [1.54, 1.807) is 11.0 Å². The highest BCUT2D eigenvalue weighted by Crippen LogP contribution is 2.55. The molecule has 3 heterocycles. The van der Waals surface area contributed by atoms with Crippen molar-refractivity contribution in [3.8, 4) is 5.75 Å². The molecule has 0 bridgehead atoms. The van der Waals surface area contributed by atoms with Gasteiger partial charge in [0.05, 0.1) is 23.0 Å². The molecule has 2 unspecified atom stereocenters. The topological polar surface area (TPSA) is 45.1 Å². The van der Waals surface area contributed by atoms with Gasteiger partial charge in [-0.3, -0.25) is 4.79 Å². The Labute approximate surface area is 197 Å². The van der Waals surface area contributed by atoms with Crippen molar-refractivity contribution in [2.45, 2.75) is 25.1 Å². The van der Waals surface area contributed by atoms with E-state index in [9.17, 15) is 4.79 Å². The first-order valence-electron chi connectivity index (χ1n) is 11.0. The molecule has 6 heteroatoms. The van der Waals surface area contributed by atoms with Gasteiger partial charge in [0, 0.05) is 23.6 Å². The maximum absolute atomic E-state index is 14.1. The summed E-state index contributed by atoms with van der Waals surface area (Å²) in [7, 11) is 0. The van der Waals surface area contributed by atoms with Crippen LogP contribution in [0.5, 0.6) is 5.75 Å². The number of ether oxygens (including phenoxy) is 1. The first kappa shape index (κ1) is 20.1. The Hall–Kier alpha value is -3.57. The molecule has 5 nitrogen and oxygen atoms in total. The van der Waals surface area contributed by atoms with Gasteiger partial charge in [-0.1, -0.05) is 59.6 Å². The van der Waals surface area contributed by atoms with Gasteiger partial charge in [-0.05, 0) is 42.8 Å². The number of para-hydroxylation sites is 1. The molecule has 1 amide bonds. The molecule has 0 N–H and O–H groups in total. The maximum atomic E-state index is 14.1. The molecule has 3 aromatic carbocycles. The summed E-state index contributed by atoms with van der Waals surface area (Å²) in [5.41, 5.74) is 4.26. The quantitative estimate of drug-likeness (QED) is 0.484. The molecule has 0 saturated carbocycles. The number of rotatable bonds is 3. The summed E-state index contributed by atoms with van der Waals surface area (Å²) < 4.78 is 6.64. The van der Waals surface area contributed by atoms with E-state index in [2.05, 4.69) is 12.6 Å². The lowest BCUT2D eigenvalue weighted by Crippen LogP contribution is -2.57. The minimum absolute atomic E-state index is 0.123. The van der Waals surface area contributed by atoms with Crippen LogP contribution in [0.2, 0.25) is 5.02 Å². The summed E-state index contributed by atoms with van der Waals surface area (Å²) in [5.74, 6) is 0.566. The standard InChI is InChI=1S/C27H22ClN3O2/c1-3-14-30-23-13-8-17(2)15-21(23)27(26(30)32)31-24(20-6-4-5-7-25(20)33-27)16-22(29-31)18-9-11-19(28)12-10-18/h3-13,15,24H,1,14,16H2,2H3. The Bertz CT molecular complexity index is 1330. The lowest BCUT2D eigenvalue weighted by atomic mass is 9.92. The summed E-state index contributed by atoms with van der Waals surface area (Å²) >= 11 is 6.11. The smallest absolute Gasteiger partial charge is 0.306 e. The largest absolute Gasteiger partial charge is 0.453 e. The number of hydrogen-bond donors (Lipinski definition) is 0. The molecule has 1 spiro atoms. The number of carbonyl (C=O) groups is 1. The molecular formula is C27H22ClN3O2. The second-order valence-corrected chi connectivity index (χ2v) is 9.06. The summed E-state index contributed by atoms with van der Waals surface area (Å²) in [6.07, 6.45) is 2.40. The lowest BCUT2D eigenvalue weighted by molar-refractivity contribution is -0.163.